The highest BCUT2D eigenvalue weighted by molar-refractivity contribution is 5.33. The molecule has 4 nitrogen and oxygen atoms in total. The van der Waals surface area contributed by atoms with Gasteiger partial charge in [-0.3, -0.25) is 0 Å². The molecule has 0 saturated heterocycles. The Labute approximate surface area is 90.5 Å². The highest BCUT2D eigenvalue weighted by Gasteiger charge is 2.14. The van der Waals surface area contributed by atoms with Crippen molar-refractivity contribution in [1.29, 1.82) is 0 Å². The van der Waals surface area contributed by atoms with Crippen molar-refractivity contribution < 1.29 is 9.59 Å². The molecule has 0 aliphatic carbocycles. The maximum Gasteiger partial charge on any atom is 0.234 e. The van der Waals surface area contributed by atoms with Crippen LogP contribution in [0.4, 0.5) is 0 Å². The van der Waals surface area contributed by atoms with Gasteiger partial charge in [-0.25, -0.2) is 19.6 Å². The summed E-state index contributed by atoms with van der Waals surface area (Å²) < 4.78 is 0. The molecule has 0 rings (SSSR count). The minimum atomic E-state index is 0.356. The van der Waals surface area contributed by atoms with Gasteiger partial charge in [0.1, 0.15) is 0 Å². The third kappa shape index (κ3) is 6.78. The summed E-state index contributed by atoms with van der Waals surface area (Å²) in [5.74, 6) is 1.18. The van der Waals surface area contributed by atoms with Gasteiger partial charge < -0.3 is 0 Å². The van der Waals surface area contributed by atoms with Crippen LogP contribution in [0, 0.1) is 17.8 Å². The van der Waals surface area contributed by atoms with Crippen molar-refractivity contribution in [3.05, 3.63) is 0 Å². The topological polar surface area (TPSA) is 58.9 Å². The van der Waals surface area contributed by atoms with Crippen LogP contribution >= 0.6 is 0 Å². The standard InChI is InChI=1S/C11H18N2O2/c1-9(5-12-7-14)4-10(2)11(3)6-13-8-15/h9-11H,4-6H2,1-3H3. The highest BCUT2D eigenvalue weighted by atomic mass is 16.1. The van der Waals surface area contributed by atoms with Gasteiger partial charge in [0, 0.05) is 0 Å². The fraction of sp³-hybridized carbons (Fsp3) is 0.818. The van der Waals surface area contributed by atoms with Crippen LogP contribution in [-0.2, 0) is 9.59 Å². The van der Waals surface area contributed by atoms with E-state index in [4.69, 9.17) is 0 Å². The van der Waals surface area contributed by atoms with Gasteiger partial charge in [-0.15, -0.1) is 0 Å². The SMILES string of the molecule is CC(CN=C=O)CC(C)C(C)CN=C=O. The lowest BCUT2D eigenvalue weighted by molar-refractivity contribution is 0.323. The lowest BCUT2D eigenvalue weighted by Gasteiger charge is -2.20. The Kier molecular flexibility index (Phi) is 7.43. The van der Waals surface area contributed by atoms with E-state index in [-0.39, 0.29) is 0 Å². The second-order valence-electron chi connectivity index (χ2n) is 4.16. The molecule has 3 unspecified atom stereocenters. The monoisotopic (exact) mass is 210 g/mol. The maximum atomic E-state index is 9.95. The van der Waals surface area contributed by atoms with Gasteiger partial charge in [0.05, 0.1) is 13.1 Å². The van der Waals surface area contributed by atoms with Crippen LogP contribution < -0.4 is 0 Å². The molecule has 0 spiro atoms. The lowest BCUT2D eigenvalue weighted by Crippen LogP contribution is -2.15. The molecule has 4 heteroatoms. The van der Waals surface area contributed by atoms with Crippen LogP contribution in [0.15, 0.2) is 9.98 Å². The molecule has 84 valence electrons. The van der Waals surface area contributed by atoms with Gasteiger partial charge in [-0.1, -0.05) is 20.8 Å². The minimum absolute atomic E-state index is 0.356. The molecule has 0 aromatic heterocycles. The molecule has 3 atom stereocenters. The second kappa shape index (κ2) is 8.10. The number of aliphatic imine (C=N–C) groups is 2. The first-order valence-electron chi connectivity index (χ1n) is 5.19. The molecule has 0 aromatic carbocycles. The van der Waals surface area contributed by atoms with E-state index in [0.717, 1.165) is 6.42 Å². The number of isocyanates is 2. The van der Waals surface area contributed by atoms with Crippen LogP contribution in [-0.4, -0.2) is 25.2 Å². The van der Waals surface area contributed by atoms with E-state index in [1.807, 2.05) is 6.92 Å². The first-order chi connectivity index (χ1) is 7.11. The van der Waals surface area contributed by atoms with Crippen molar-refractivity contribution in [2.45, 2.75) is 27.2 Å². The number of hydrogen-bond donors (Lipinski definition) is 0. The average Bonchev–Trinajstić information content (AvgIpc) is 2.22. The predicted molar refractivity (Wildman–Crippen MR) is 58.1 cm³/mol. The van der Waals surface area contributed by atoms with E-state index >= 15 is 0 Å². The fourth-order valence-corrected chi connectivity index (χ4v) is 1.50. The smallest absolute Gasteiger partial charge is 0.211 e. The summed E-state index contributed by atoms with van der Waals surface area (Å²) in [7, 11) is 0. The highest BCUT2D eigenvalue weighted by Crippen LogP contribution is 2.20. The molecule has 0 heterocycles. The molecule has 0 amide bonds. The number of rotatable bonds is 7. The molecule has 0 bridgehead atoms. The van der Waals surface area contributed by atoms with E-state index in [2.05, 4.69) is 23.8 Å². The Morgan fingerprint density at radius 2 is 1.47 bits per heavy atom. The second-order valence-corrected chi connectivity index (χ2v) is 4.16. The van der Waals surface area contributed by atoms with Crippen molar-refractivity contribution in [3.8, 4) is 0 Å². The van der Waals surface area contributed by atoms with E-state index in [1.54, 1.807) is 12.2 Å². The third-order valence-corrected chi connectivity index (χ3v) is 2.66. The van der Waals surface area contributed by atoms with Crippen LogP contribution in [0.3, 0.4) is 0 Å². The average molecular weight is 210 g/mol. The van der Waals surface area contributed by atoms with E-state index in [1.165, 1.54) is 0 Å². The summed E-state index contributed by atoms with van der Waals surface area (Å²) in [6, 6.07) is 0. The van der Waals surface area contributed by atoms with E-state index in [9.17, 15) is 9.59 Å². The van der Waals surface area contributed by atoms with Crippen LogP contribution in [0.5, 0.6) is 0 Å². The largest absolute Gasteiger partial charge is 0.234 e. The Morgan fingerprint density at radius 3 is 2.00 bits per heavy atom. The van der Waals surface area contributed by atoms with Gasteiger partial charge in [0.15, 0.2) is 0 Å². The van der Waals surface area contributed by atoms with Gasteiger partial charge in [-0.05, 0) is 24.2 Å². The van der Waals surface area contributed by atoms with Gasteiger partial charge in [0.2, 0.25) is 12.2 Å². The summed E-state index contributed by atoms with van der Waals surface area (Å²) in [5, 5.41) is 0. The zero-order valence-electron chi connectivity index (χ0n) is 9.56. The number of nitrogens with zero attached hydrogens (tertiary/aromatic N) is 2. The van der Waals surface area contributed by atoms with Crippen molar-refractivity contribution in [3.63, 3.8) is 0 Å². The van der Waals surface area contributed by atoms with Crippen molar-refractivity contribution in [1.82, 2.24) is 0 Å². The molecular formula is C11H18N2O2. The Balaban J connectivity index is 3.93. The maximum absolute atomic E-state index is 9.95. The predicted octanol–water partition coefficient (Wildman–Crippen LogP) is 1.96. The zero-order chi connectivity index (χ0) is 11.7. The number of hydrogen-bond acceptors (Lipinski definition) is 4. The molecule has 0 aliphatic heterocycles. The molecule has 0 fully saturated rings. The molecule has 15 heavy (non-hydrogen) atoms. The summed E-state index contributed by atoms with van der Waals surface area (Å²) >= 11 is 0. The number of carbonyl (C=O) groups excluding carboxylic acids is 2. The van der Waals surface area contributed by atoms with Crippen LogP contribution in [0.2, 0.25) is 0 Å². The lowest BCUT2D eigenvalue weighted by atomic mass is 9.87. The zero-order valence-corrected chi connectivity index (χ0v) is 9.56. The summed E-state index contributed by atoms with van der Waals surface area (Å²) in [6.45, 7) is 7.27. The first kappa shape index (κ1) is 13.8. The molecule has 0 aromatic rings. The first-order valence-corrected chi connectivity index (χ1v) is 5.19. The van der Waals surface area contributed by atoms with Crippen LogP contribution in [0.25, 0.3) is 0 Å². The third-order valence-electron chi connectivity index (χ3n) is 2.66. The summed E-state index contributed by atoms with van der Waals surface area (Å²) in [5.41, 5.74) is 0. The molecule has 0 saturated carbocycles. The Morgan fingerprint density at radius 1 is 0.933 bits per heavy atom. The van der Waals surface area contributed by atoms with E-state index in [0.29, 0.717) is 30.8 Å². The minimum Gasteiger partial charge on any atom is -0.211 e. The van der Waals surface area contributed by atoms with Crippen LogP contribution in [0.1, 0.15) is 27.2 Å². The molecule has 0 radical (unpaired) electrons. The fourth-order valence-electron chi connectivity index (χ4n) is 1.50. The molecular weight excluding hydrogens is 192 g/mol. The van der Waals surface area contributed by atoms with Crippen molar-refractivity contribution in [2.24, 2.45) is 27.7 Å². The van der Waals surface area contributed by atoms with Gasteiger partial charge in [0.25, 0.3) is 0 Å². The normalized spacial score (nSPS) is 15.7. The van der Waals surface area contributed by atoms with Gasteiger partial charge >= 0.3 is 0 Å². The Hall–Kier alpha value is -1.24. The van der Waals surface area contributed by atoms with E-state index < -0.39 is 0 Å². The quantitative estimate of drug-likeness (QED) is 0.476. The van der Waals surface area contributed by atoms with Gasteiger partial charge in [-0.2, -0.15) is 0 Å². The Bertz CT molecular complexity index is 266. The van der Waals surface area contributed by atoms with Crippen molar-refractivity contribution in [2.75, 3.05) is 13.1 Å². The molecule has 0 aliphatic rings. The summed E-state index contributed by atoms with van der Waals surface area (Å²) in [6.07, 6.45) is 4.06. The summed E-state index contributed by atoms with van der Waals surface area (Å²) in [4.78, 5) is 27.0. The molecule has 0 N–H and O–H groups in total. The van der Waals surface area contributed by atoms with Crippen molar-refractivity contribution >= 4 is 12.2 Å².